The fraction of sp³-hybridized carbons (Fsp3) is 0.524. The van der Waals surface area contributed by atoms with Crippen LogP contribution in [0.15, 0.2) is 22.6 Å². The zero-order valence-electron chi connectivity index (χ0n) is 18.3. The van der Waals surface area contributed by atoms with Crippen molar-refractivity contribution in [2.45, 2.75) is 26.5 Å². The number of likely N-dealkylation sites (N-methyl/N-ethyl adjacent to an activating group) is 1. The van der Waals surface area contributed by atoms with Gasteiger partial charge in [-0.25, -0.2) is 4.98 Å². The van der Waals surface area contributed by atoms with Crippen molar-refractivity contribution >= 4 is 16.7 Å². The Kier molecular flexibility index (Phi) is 9.32. The Morgan fingerprint density at radius 3 is 2.53 bits per heavy atom. The van der Waals surface area contributed by atoms with Crippen molar-refractivity contribution in [3.8, 4) is 23.0 Å². The van der Waals surface area contributed by atoms with Gasteiger partial charge in [0.05, 0.1) is 25.7 Å². The first-order valence-electron chi connectivity index (χ1n) is 9.94. The molecule has 0 aliphatic rings. The standard InChI is InChI=1S/C21H31N3O5S/c1-6-24(7-2)11-10-22-20(25)14-30(26)13-17-15(3)29-21(23-17)16-8-9-18(27-4)19(12-16)28-5/h8-9,12H,6-7,10-11,13-14H2,1-5H3,(H,22,25)/t30-/m1/s1. The van der Waals surface area contributed by atoms with Crippen LogP contribution in [0, 0.1) is 6.92 Å². The smallest absolute Gasteiger partial charge is 0.232 e. The number of carbonyl (C=O) groups excluding carboxylic acids is 1. The molecule has 0 aliphatic heterocycles. The van der Waals surface area contributed by atoms with Crippen molar-refractivity contribution in [1.82, 2.24) is 15.2 Å². The molecule has 9 heteroatoms. The van der Waals surface area contributed by atoms with Crippen LogP contribution in [0.4, 0.5) is 0 Å². The molecule has 0 unspecified atom stereocenters. The highest BCUT2D eigenvalue weighted by Crippen LogP contribution is 2.32. The second-order valence-electron chi connectivity index (χ2n) is 6.70. The molecule has 0 spiro atoms. The minimum absolute atomic E-state index is 0.0593. The summed E-state index contributed by atoms with van der Waals surface area (Å²) in [6.07, 6.45) is 0. The van der Waals surface area contributed by atoms with E-state index in [0.29, 0.717) is 35.4 Å². The Bertz CT molecular complexity index is 864. The van der Waals surface area contributed by atoms with Gasteiger partial charge in [0, 0.05) is 29.5 Å². The van der Waals surface area contributed by atoms with Crippen molar-refractivity contribution in [3.63, 3.8) is 0 Å². The molecule has 30 heavy (non-hydrogen) atoms. The van der Waals surface area contributed by atoms with Crippen molar-refractivity contribution in [3.05, 3.63) is 29.7 Å². The summed E-state index contributed by atoms with van der Waals surface area (Å²) in [6.45, 7) is 9.13. The highest BCUT2D eigenvalue weighted by Gasteiger charge is 2.17. The molecule has 8 nitrogen and oxygen atoms in total. The molecule has 1 atom stereocenters. The SMILES string of the molecule is CCN(CC)CCNC(=O)C[S@](=O)Cc1nc(-c2ccc(OC)c(OC)c2)oc1C. The quantitative estimate of drug-likeness (QED) is 0.545. The highest BCUT2D eigenvalue weighted by molar-refractivity contribution is 7.84. The average Bonchev–Trinajstić information content (AvgIpc) is 3.10. The van der Waals surface area contributed by atoms with Gasteiger partial charge >= 0.3 is 0 Å². The van der Waals surface area contributed by atoms with Gasteiger partial charge in [-0.05, 0) is 38.2 Å². The molecule has 1 amide bonds. The van der Waals surface area contributed by atoms with E-state index in [1.165, 1.54) is 0 Å². The molecule has 1 N–H and O–H groups in total. The van der Waals surface area contributed by atoms with E-state index >= 15 is 0 Å². The van der Waals surface area contributed by atoms with Gasteiger partial charge < -0.3 is 24.1 Å². The Morgan fingerprint density at radius 1 is 1.20 bits per heavy atom. The monoisotopic (exact) mass is 437 g/mol. The summed E-state index contributed by atoms with van der Waals surface area (Å²) in [6, 6.07) is 5.36. The van der Waals surface area contributed by atoms with Crippen LogP contribution < -0.4 is 14.8 Å². The van der Waals surface area contributed by atoms with E-state index in [9.17, 15) is 9.00 Å². The van der Waals surface area contributed by atoms with Gasteiger partial charge in [-0.1, -0.05) is 13.8 Å². The van der Waals surface area contributed by atoms with Crippen molar-refractivity contribution in [2.75, 3.05) is 46.2 Å². The summed E-state index contributed by atoms with van der Waals surface area (Å²) in [7, 11) is 1.75. The van der Waals surface area contributed by atoms with E-state index in [1.54, 1.807) is 33.3 Å². The lowest BCUT2D eigenvalue weighted by Gasteiger charge is -2.17. The first kappa shape index (κ1) is 23.9. The summed E-state index contributed by atoms with van der Waals surface area (Å²) < 4.78 is 28.7. The fourth-order valence-corrected chi connectivity index (χ4v) is 4.02. The van der Waals surface area contributed by atoms with E-state index in [-0.39, 0.29) is 17.4 Å². The molecular weight excluding hydrogens is 406 g/mol. The van der Waals surface area contributed by atoms with Gasteiger partial charge in [-0.3, -0.25) is 9.00 Å². The van der Waals surface area contributed by atoms with Gasteiger partial charge in [0.1, 0.15) is 11.5 Å². The van der Waals surface area contributed by atoms with Gasteiger partial charge in [0.15, 0.2) is 11.5 Å². The van der Waals surface area contributed by atoms with Crippen molar-refractivity contribution in [2.24, 2.45) is 0 Å². The zero-order chi connectivity index (χ0) is 22.1. The minimum atomic E-state index is -1.38. The molecule has 2 aromatic rings. The Morgan fingerprint density at radius 2 is 1.90 bits per heavy atom. The van der Waals surface area contributed by atoms with Gasteiger partial charge in [-0.2, -0.15) is 0 Å². The summed E-state index contributed by atoms with van der Waals surface area (Å²) in [4.78, 5) is 18.7. The number of methoxy groups -OCH3 is 2. The molecule has 2 rings (SSSR count). The normalized spacial score (nSPS) is 12.1. The maximum Gasteiger partial charge on any atom is 0.232 e. The van der Waals surface area contributed by atoms with Crippen LogP contribution in [0.1, 0.15) is 25.3 Å². The largest absolute Gasteiger partial charge is 0.493 e. The average molecular weight is 438 g/mol. The number of rotatable bonds is 12. The van der Waals surface area contributed by atoms with Crippen molar-refractivity contribution in [1.29, 1.82) is 0 Å². The molecular formula is C21H31N3O5S. The van der Waals surface area contributed by atoms with Gasteiger partial charge in [0.2, 0.25) is 11.8 Å². The number of nitrogens with zero attached hydrogens (tertiary/aromatic N) is 2. The third-order valence-corrected chi connectivity index (χ3v) is 5.94. The highest BCUT2D eigenvalue weighted by atomic mass is 32.2. The number of oxazole rings is 1. The number of hydrogen-bond acceptors (Lipinski definition) is 7. The molecule has 0 fully saturated rings. The first-order chi connectivity index (χ1) is 14.4. The van der Waals surface area contributed by atoms with Crippen LogP contribution in [0.2, 0.25) is 0 Å². The molecule has 0 radical (unpaired) electrons. The van der Waals surface area contributed by atoms with E-state index in [0.717, 1.165) is 25.2 Å². The van der Waals surface area contributed by atoms with E-state index in [2.05, 4.69) is 29.0 Å². The summed E-state index contributed by atoms with van der Waals surface area (Å²) in [5.74, 6) is 2.04. The number of amides is 1. The number of aryl methyl sites for hydroxylation is 1. The predicted molar refractivity (Wildman–Crippen MR) is 117 cm³/mol. The summed E-state index contributed by atoms with van der Waals surface area (Å²) in [5, 5.41) is 2.82. The van der Waals surface area contributed by atoms with Crippen LogP contribution in [-0.2, 0) is 21.3 Å². The number of carbonyl (C=O) groups is 1. The summed E-state index contributed by atoms with van der Waals surface area (Å²) in [5.41, 5.74) is 1.30. The molecule has 166 valence electrons. The van der Waals surface area contributed by atoms with Crippen LogP contribution in [0.5, 0.6) is 11.5 Å². The lowest BCUT2D eigenvalue weighted by atomic mass is 10.2. The third kappa shape index (κ3) is 6.56. The molecule has 0 bridgehead atoms. The van der Waals surface area contributed by atoms with Gasteiger partial charge in [-0.15, -0.1) is 0 Å². The molecule has 0 saturated heterocycles. The van der Waals surface area contributed by atoms with Crippen LogP contribution >= 0.6 is 0 Å². The maximum absolute atomic E-state index is 12.4. The number of nitrogens with one attached hydrogen (secondary N) is 1. The molecule has 1 aromatic carbocycles. The second kappa shape index (κ2) is 11.7. The van der Waals surface area contributed by atoms with Crippen molar-refractivity contribution < 1.29 is 22.9 Å². The number of aromatic nitrogens is 1. The Balaban J connectivity index is 1.96. The minimum Gasteiger partial charge on any atom is -0.493 e. The number of benzene rings is 1. The van der Waals surface area contributed by atoms with Crippen LogP contribution in [0.3, 0.4) is 0 Å². The first-order valence-corrected chi connectivity index (χ1v) is 11.4. The van der Waals surface area contributed by atoms with E-state index < -0.39 is 10.8 Å². The zero-order valence-corrected chi connectivity index (χ0v) is 19.1. The van der Waals surface area contributed by atoms with Gasteiger partial charge in [0.25, 0.3) is 0 Å². The number of hydrogen-bond donors (Lipinski definition) is 1. The predicted octanol–water partition coefficient (Wildman–Crippen LogP) is 2.37. The van der Waals surface area contributed by atoms with E-state index in [4.69, 9.17) is 13.9 Å². The fourth-order valence-electron chi connectivity index (χ4n) is 2.95. The Hall–Kier alpha value is -2.39. The lowest BCUT2D eigenvalue weighted by molar-refractivity contribution is -0.118. The number of ether oxygens (including phenoxy) is 2. The Labute approximate surface area is 180 Å². The van der Waals surface area contributed by atoms with Crippen LogP contribution in [-0.4, -0.2) is 66.2 Å². The molecule has 0 saturated carbocycles. The third-order valence-electron chi connectivity index (χ3n) is 4.76. The molecule has 1 aromatic heterocycles. The maximum atomic E-state index is 12.4. The second-order valence-corrected chi connectivity index (χ2v) is 8.15. The van der Waals surface area contributed by atoms with Crippen LogP contribution in [0.25, 0.3) is 11.5 Å². The van der Waals surface area contributed by atoms with E-state index in [1.807, 2.05) is 6.07 Å². The lowest BCUT2D eigenvalue weighted by Crippen LogP contribution is -2.36. The molecule has 1 heterocycles. The molecule has 0 aliphatic carbocycles. The topological polar surface area (TPSA) is 93.9 Å². The summed E-state index contributed by atoms with van der Waals surface area (Å²) >= 11 is 0.